The van der Waals surface area contributed by atoms with Crippen LogP contribution < -0.4 is 5.84 Å². The first-order chi connectivity index (χ1) is 6.71. The van der Waals surface area contributed by atoms with Gasteiger partial charge in [0.25, 0.3) is 0 Å². The maximum Gasteiger partial charge on any atom is 0.0516 e. The minimum absolute atomic E-state index is 0.229. The number of hydrogen-bond acceptors (Lipinski definition) is 4. The lowest BCUT2D eigenvalue weighted by atomic mass is 9.72. The first-order valence-corrected chi connectivity index (χ1v) is 5.44. The van der Waals surface area contributed by atoms with Gasteiger partial charge in [-0.05, 0) is 0 Å². The largest absolute Gasteiger partial charge is 0.323 e. The number of hydrogen-bond donors (Lipinski definition) is 1. The highest BCUT2D eigenvalue weighted by Gasteiger charge is 2.49. The SMILES string of the molecule is CC12CN3CCN(CC(C3)/C1=N\N)C2. The van der Waals surface area contributed by atoms with E-state index in [9.17, 15) is 0 Å². The van der Waals surface area contributed by atoms with Gasteiger partial charge in [0.15, 0.2) is 0 Å². The molecule has 78 valence electrons. The van der Waals surface area contributed by atoms with Crippen LogP contribution in [0.5, 0.6) is 0 Å². The summed E-state index contributed by atoms with van der Waals surface area (Å²) < 4.78 is 0. The van der Waals surface area contributed by atoms with Crippen molar-refractivity contribution < 1.29 is 0 Å². The van der Waals surface area contributed by atoms with Crippen molar-refractivity contribution in [2.45, 2.75) is 6.92 Å². The molecule has 2 atom stereocenters. The van der Waals surface area contributed by atoms with E-state index in [0.29, 0.717) is 5.92 Å². The fraction of sp³-hybridized carbons (Fsp3) is 0.900. The Morgan fingerprint density at radius 3 is 2.29 bits per heavy atom. The van der Waals surface area contributed by atoms with Gasteiger partial charge in [-0.25, -0.2) is 0 Å². The molecule has 0 aliphatic carbocycles. The van der Waals surface area contributed by atoms with Crippen molar-refractivity contribution in [2.24, 2.45) is 22.3 Å². The van der Waals surface area contributed by atoms with E-state index < -0.39 is 0 Å². The van der Waals surface area contributed by atoms with E-state index >= 15 is 0 Å². The highest BCUT2D eigenvalue weighted by molar-refractivity contribution is 5.94. The molecule has 4 heteroatoms. The molecule has 4 bridgehead atoms. The minimum atomic E-state index is 0.229. The van der Waals surface area contributed by atoms with Crippen molar-refractivity contribution in [3.63, 3.8) is 0 Å². The fourth-order valence-electron chi connectivity index (χ4n) is 3.56. The quantitative estimate of drug-likeness (QED) is 0.420. The van der Waals surface area contributed by atoms with Crippen LogP contribution in [0.25, 0.3) is 0 Å². The molecule has 0 aromatic carbocycles. The maximum absolute atomic E-state index is 5.54. The summed E-state index contributed by atoms with van der Waals surface area (Å²) in [5.41, 5.74) is 1.50. The Balaban J connectivity index is 2.03. The topological polar surface area (TPSA) is 44.9 Å². The normalized spacial score (nSPS) is 53.8. The van der Waals surface area contributed by atoms with E-state index in [0.717, 1.165) is 13.1 Å². The highest BCUT2D eigenvalue weighted by atomic mass is 15.3. The second kappa shape index (κ2) is 2.70. The highest BCUT2D eigenvalue weighted by Crippen LogP contribution is 2.37. The number of hydrazone groups is 1. The predicted molar refractivity (Wildman–Crippen MR) is 56.1 cm³/mol. The van der Waals surface area contributed by atoms with Gasteiger partial charge < -0.3 is 15.6 Å². The standard InChI is InChI=1S/C10H18N4/c1-10-6-13-2-3-14(7-10)5-8(4-13)9(10)12-11/h8H,2-7,11H2,1H3/b12-9+. The summed E-state index contributed by atoms with van der Waals surface area (Å²) >= 11 is 0. The third kappa shape index (κ3) is 1.04. The van der Waals surface area contributed by atoms with Gasteiger partial charge >= 0.3 is 0 Å². The monoisotopic (exact) mass is 194 g/mol. The van der Waals surface area contributed by atoms with Crippen LogP contribution in [-0.2, 0) is 0 Å². The molecule has 4 aliphatic rings. The molecular formula is C10H18N4. The Morgan fingerprint density at radius 1 is 1.29 bits per heavy atom. The van der Waals surface area contributed by atoms with Crippen LogP contribution in [0.1, 0.15) is 6.92 Å². The van der Waals surface area contributed by atoms with Gasteiger partial charge in [0.1, 0.15) is 0 Å². The smallest absolute Gasteiger partial charge is 0.0516 e. The molecule has 4 rings (SSSR count). The van der Waals surface area contributed by atoms with Crippen LogP contribution in [0.3, 0.4) is 0 Å². The van der Waals surface area contributed by atoms with E-state index in [1.54, 1.807) is 0 Å². The van der Waals surface area contributed by atoms with E-state index in [1.807, 2.05) is 0 Å². The Morgan fingerprint density at radius 2 is 1.86 bits per heavy atom. The summed E-state index contributed by atoms with van der Waals surface area (Å²) in [6, 6.07) is 0. The van der Waals surface area contributed by atoms with Crippen molar-refractivity contribution in [1.82, 2.24) is 9.80 Å². The average Bonchev–Trinajstić information content (AvgIpc) is 2.32. The number of nitrogens with two attached hydrogens (primary N) is 1. The molecule has 2 N–H and O–H groups in total. The van der Waals surface area contributed by atoms with Crippen molar-refractivity contribution in [2.75, 3.05) is 39.3 Å². The molecule has 4 nitrogen and oxygen atoms in total. The zero-order chi connectivity index (χ0) is 9.76. The third-order valence-electron chi connectivity index (χ3n) is 3.98. The van der Waals surface area contributed by atoms with Gasteiger partial charge in [0, 0.05) is 50.6 Å². The van der Waals surface area contributed by atoms with Crippen LogP contribution in [0.15, 0.2) is 5.10 Å². The van der Waals surface area contributed by atoms with E-state index in [4.69, 9.17) is 5.84 Å². The summed E-state index contributed by atoms with van der Waals surface area (Å²) in [5.74, 6) is 6.13. The number of nitrogens with zero attached hydrogens (tertiary/aromatic N) is 3. The molecule has 4 aliphatic heterocycles. The zero-order valence-electron chi connectivity index (χ0n) is 8.74. The molecule has 14 heavy (non-hydrogen) atoms. The van der Waals surface area contributed by atoms with Gasteiger partial charge in [-0.15, -0.1) is 0 Å². The third-order valence-corrected chi connectivity index (χ3v) is 3.98. The molecule has 2 unspecified atom stereocenters. The number of rotatable bonds is 0. The first-order valence-electron chi connectivity index (χ1n) is 5.44. The van der Waals surface area contributed by atoms with Crippen LogP contribution in [0.4, 0.5) is 0 Å². The lowest BCUT2D eigenvalue weighted by Gasteiger charge is -2.48. The zero-order valence-corrected chi connectivity index (χ0v) is 8.74. The Hall–Kier alpha value is -0.610. The molecule has 0 saturated carbocycles. The van der Waals surface area contributed by atoms with Crippen LogP contribution in [-0.4, -0.2) is 54.8 Å². The van der Waals surface area contributed by atoms with Gasteiger partial charge in [-0.3, -0.25) is 0 Å². The summed E-state index contributed by atoms with van der Waals surface area (Å²) in [7, 11) is 0. The lowest BCUT2D eigenvalue weighted by Crippen LogP contribution is -2.60. The Kier molecular flexibility index (Phi) is 1.67. The summed E-state index contributed by atoms with van der Waals surface area (Å²) in [5, 5.41) is 4.06. The average molecular weight is 194 g/mol. The molecule has 0 spiro atoms. The summed E-state index contributed by atoms with van der Waals surface area (Å²) in [6.45, 7) is 9.40. The van der Waals surface area contributed by atoms with E-state index in [-0.39, 0.29) is 5.41 Å². The van der Waals surface area contributed by atoms with Crippen molar-refractivity contribution in [1.29, 1.82) is 0 Å². The van der Waals surface area contributed by atoms with Crippen LogP contribution >= 0.6 is 0 Å². The fourth-order valence-corrected chi connectivity index (χ4v) is 3.56. The molecule has 4 fully saturated rings. The minimum Gasteiger partial charge on any atom is -0.323 e. The van der Waals surface area contributed by atoms with Gasteiger partial charge in [0.2, 0.25) is 0 Å². The number of piperidine rings is 2. The lowest BCUT2D eigenvalue weighted by molar-refractivity contribution is 0.130. The molecule has 0 amide bonds. The van der Waals surface area contributed by atoms with Crippen molar-refractivity contribution >= 4 is 5.71 Å². The molecule has 4 heterocycles. The second-order valence-corrected chi connectivity index (χ2v) is 5.24. The van der Waals surface area contributed by atoms with Gasteiger partial charge in [-0.2, -0.15) is 5.10 Å². The number of fused-ring (bicyclic) bond motifs is 1. The molecule has 0 radical (unpaired) electrons. The molecule has 4 saturated heterocycles. The molecular weight excluding hydrogens is 176 g/mol. The van der Waals surface area contributed by atoms with Crippen molar-refractivity contribution in [3.05, 3.63) is 0 Å². The van der Waals surface area contributed by atoms with Crippen LogP contribution in [0, 0.1) is 11.3 Å². The first kappa shape index (κ1) is 8.68. The Labute approximate surface area is 84.7 Å². The summed E-state index contributed by atoms with van der Waals surface area (Å²) in [6.07, 6.45) is 0. The Bertz CT molecular complexity index is 270. The second-order valence-electron chi connectivity index (χ2n) is 5.24. The summed E-state index contributed by atoms with van der Waals surface area (Å²) in [4.78, 5) is 5.15. The van der Waals surface area contributed by atoms with E-state index in [2.05, 4.69) is 21.8 Å². The van der Waals surface area contributed by atoms with Gasteiger partial charge in [-0.1, -0.05) is 6.92 Å². The van der Waals surface area contributed by atoms with Crippen molar-refractivity contribution in [3.8, 4) is 0 Å². The van der Waals surface area contributed by atoms with Gasteiger partial charge in [0.05, 0.1) is 5.71 Å². The van der Waals surface area contributed by atoms with E-state index in [1.165, 1.54) is 31.9 Å². The van der Waals surface area contributed by atoms with Crippen LogP contribution in [0.2, 0.25) is 0 Å². The predicted octanol–water partition coefficient (Wildman–Crippen LogP) is -0.432. The molecule has 0 aromatic heterocycles. The molecule has 0 aromatic rings. The maximum atomic E-state index is 5.54.